The van der Waals surface area contributed by atoms with Crippen molar-refractivity contribution in [2.45, 2.75) is 11.3 Å². The van der Waals surface area contributed by atoms with Crippen LogP contribution in [0, 0.1) is 10.1 Å². The second-order valence-electron chi connectivity index (χ2n) is 4.19. The van der Waals surface area contributed by atoms with Crippen molar-refractivity contribution in [3.8, 4) is 0 Å². The standard InChI is InChI=1S/C11H15N3O5S/c1-13(2)11(15)7-8-12-20(18,19)10-5-3-9(4-6-10)14(16)17/h3-6,12H,7-8H2,1-2H3. The monoisotopic (exact) mass is 301 g/mol. The lowest BCUT2D eigenvalue weighted by Gasteiger charge is -2.10. The third-order valence-electron chi connectivity index (χ3n) is 2.49. The first-order chi connectivity index (χ1) is 9.24. The van der Waals surface area contributed by atoms with Crippen LogP contribution >= 0.6 is 0 Å². The molecule has 9 heteroatoms. The molecule has 0 aliphatic rings. The van der Waals surface area contributed by atoms with Gasteiger partial charge in [-0.15, -0.1) is 0 Å². The number of hydrogen-bond donors (Lipinski definition) is 1. The van der Waals surface area contributed by atoms with Crippen molar-refractivity contribution in [2.75, 3.05) is 20.6 Å². The van der Waals surface area contributed by atoms with Gasteiger partial charge < -0.3 is 4.90 Å². The summed E-state index contributed by atoms with van der Waals surface area (Å²) < 4.78 is 26.0. The minimum atomic E-state index is -3.77. The summed E-state index contributed by atoms with van der Waals surface area (Å²) >= 11 is 0. The molecular formula is C11H15N3O5S. The number of non-ortho nitro benzene ring substituents is 1. The number of carbonyl (C=O) groups is 1. The topological polar surface area (TPSA) is 110 Å². The smallest absolute Gasteiger partial charge is 0.269 e. The van der Waals surface area contributed by atoms with Crippen LogP contribution in [0.25, 0.3) is 0 Å². The molecule has 0 unspecified atom stereocenters. The summed E-state index contributed by atoms with van der Waals surface area (Å²) in [5.41, 5.74) is -0.188. The molecule has 0 atom stereocenters. The summed E-state index contributed by atoms with van der Waals surface area (Å²) in [6.07, 6.45) is 0.0409. The number of sulfonamides is 1. The van der Waals surface area contributed by atoms with Gasteiger partial charge in [-0.05, 0) is 12.1 Å². The summed E-state index contributed by atoms with van der Waals surface area (Å²) in [7, 11) is -0.614. The lowest BCUT2D eigenvalue weighted by molar-refractivity contribution is -0.384. The maximum Gasteiger partial charge on any atom is 0.269 e. The number of amides is 1. The highest BCUT2D eigenvalue weighted by Gasteiger charge is 2.16. The Kier molecular flexibility index (Phi) is 5.17. The van der Waals surface area contributed by atoms with E-state index in [9.17, 15) is 23.3 Å². The summed E-state index contributed by atoms with van der Waals surface area (Å²) in [5, 5.41) is 10.5. The van der Waals surface area contributed by atoms with Gasteiger partial charge in [0, 0.05) is 39.2 Å². The zero-order valence-electron chi connectivity index (χ0n) is 11.1. The Morgan fingerprint density at radius 2 is 1.85 bits per heavy atom. The number of hydrogen-bond acceptors (Lipinski definition) is 5. The quantitative estimate of drug-likeness (QED) is 0.602. The molecule has 1 rings (SSSR count). The summed E-state index contributed by atoms with van der Waals surface area (Å²) in [4.78, 5) is 22.4. The van der Waals surface area contributed by atoms with E-state index in [2.05, 4.69) is 4.72 Å². The lowest BCUT2D eigenvalue weighted by Crippen LogP contribution is -2.30. The van der Waals surface area contributed by atoms with E-state index in [-0.39, 0.29) is 29.5 Å². The predicted octanol–water partition coefficient (Wildman–Crippen LogP) is 0.351. The average molecular weight is 301 g/mol. The van der Waals surface area contributed by atoms with Gasteiger partial charge in [0.2, 0.25) is 15.9 Å². The summed E-state index contributed by atoms with van der Waals surface area (Å²) in [6.45, 7) is -0.0314. The minimum Gasteiger partial charge on any atom is -0.349 e. The lowest BCUT2D eigenvalue weighted by atomic mass is 10.3. The fraction of sp³-hybridized carbons (Fsp3) is 0.364. The van der Waals surface area contributed by atoms with Crippen LogP contribution in [0.15, 0.2) is 29.2 Å². The van der Waals surface area contributed by atoms with Gasteiger partial charge in [-0.2, -0.15) is 0 Å². The Balaban J connectivity index is 2.69. The van der Waals surface area contributed by atoms with E-state index in [1.807, 2.05) is 0 Å². The predicted molar refractivity (Wildman–Crippen MR) is 71.6 cm³/mol. The summed E-state index contributed by atoms with van der Waals surface area (Å²) in [6, 6.07) is 4.52. The second kappa shape index (κ2) is 6.44. The van der Waals surface area contributed by atoms with Gasteiger partial charge in [-0.25, -0.2) is 13.1 Å². The largest absolute Gasteiger partial charge is 0.349 e. The van der Waals surface area contributed by atoms with E-state index >= 15 is 0 Å². The third-order valence-corrected chi connectivity index (χ3v) is 3.96. The Labute approximate surface area is 116 Å². The van der Waals surface area contributed by atoms with Crippen molar-refractivity contribution >= 4 is 21.6 Å². The number of nitro benzene ring substituents is 1. The first-order valence-corrected chi connectivity index (χ1v) is 7.16. The van der Waals surface area contributed by atoms with Crippen LogP contribution in [0.3, 0.4) is 0 Å². The van der Waals surface area contributed by atoms with Crippen LogP contribution in [-0.4, -0.2) is 44.8 Å². The van der Waals surface area contributed by atoms with Crippen LogP contribution in [-0.2, 0) is 14.8 Å². The molecule has 0 heterocycles. The zero-order chi connectivity index (χ0) is 15.3. The Morgan fingerprint density at radius 3 is 2.30 bits per heavy atom. The van der Waals surface area contributed by atoms with Crippen molar-refractivity contribution in [3.63, 3.8) is 0 Å². The molecule has 1 aromatic carbocycles. The SMILES string of the molecule is CN(C)C(=O)CCNS(=O)(=O)c1ccc([N+](=O)[O-])cc1. The molecule has 0 fully saturated rings. The molecule has 0 aromatic heterocycles. The maximum absolute atomic E-state index is 11.9. The van der Waals surface area contributed by atoms with Gasteiger partial charge in [0.1, 0.15) is 0 Å². The number of rotatable bonds is 6. The van der Waals surface area contributed by atoms with Gasteiger partial charge >= 0.3 is 0 Å². The van der Waals surface area contributed by atoms with E-state index in [1.165, 1.54) is 4.90 Å². The first-order valence-electron chi connectivity index (χ1n) is 5.68. The molecule has 0 saturated carbocycles. The molecule has 0 aliphatic carbocycles. The van der Waals surface area contributed by atoms with Crippen LogP contribution in [0.2, 0.25) is 0 Å². The Hall–Kier alpha value is -2.00. The zero-order valence-corrected chi connectivity index (χ0v) is 11.9. The number of benzene rings is 1. The molecule has 1 aromatic rings. The molecule has 8 nitrogen and oxygen atoms in total. The van der Waals surface area contributed by atoms with Crippen molar-refractivity contribution in [3.05, 3.63) is 34.4 Å². The second-order valence-corrected chi connectivity index (χ2v) is 5.95. The minimum absolute atomic E-state index is 0.0314. The molecular weight excluding hydrogens is 286 g/mol. The first kappa shape index (κ1) is 16.1. The highest BCUT2D eigenvalue weighted by molar-refractivity contribution is 7.89. The van der Waals surface area contributed by atoms with Gasteiger partial charge in [0.25, 0.3) is 5.69 Å². The summed E-state index contributed by atoms with van der Waals surface area (Å²) in [5.74, 6) is -0.198. The number of nitrogens with one attached hydrogen (secondary N) is 1. The van der Waals surface area contributed by atoms with Crippen LogP contribution in [0.5, 0.6) is 0 Å². The molecule has 0 bridgehead atoms. The van der Waals surface area contributed by atoms with E-state index in [4.69, 9.17) is 0 Å². The van der Waals surface area contributed by atoms with Crippen molar-refractivity contribution in [1.29, 1.82) is 0 Å². The van der Waals surface area contributed by atoms with Crippen LogP contribution in [0.4, 0.5) is 5.69 Å². The highest BCUT2D eigenvalue weighted by atomic mass is 32.2. The maximum atomic E-state index is 11.9. The molecule has 0 spiro atoms. The molecule has 1 amide bonds. The van der Waals surface area contributed by atoms with Gasteiger partial charge in [0.15, 0.2) is 0 Å². The number of nitro groups is 1. The number of nitrogens with zero attached hydrogens (tertiary/aromatic N) is 2. The van der Waals surface area contributed by atoms with Gasteiger partial charge in [-0.1, -0.05) is 0 Å². The molecule has 20 heavy (non-hydrogen) atoms. The Morgan fingerprint density at radius 1 is 1.30 bits per heavy atom. The average Bonchev–Trinajstić information content (AvgIpc) is 2.38. The number of carbonyl (C=O) groups excluding carboxylic acids is 1. The van der Waals surface area contributed by atoms with Crippen LogP contribution in [0.1, 0.15) is 6.42 Å². The molecule has 0 radical (unpaired) electrons. The molecule has 1 N–H and O–H groups in total. The Bertz CT molecular complexity index is 595. The van der Waals surface area contributed by atoms with E-state index in [1.54, 1.807) is 14.1 Å². The third kappa shape index (κ3) is 4.28. The molecule has 0 aliphatic heterocycles. The fourth-order valence-corrected chi connectivity index (χ4v) is 2.38. The fourth-order valence-electron chi connectivity index (χ4n) is 1.35. The normalized spacial score (nSPS) is 11.1. The van der Waals surface area contributed by atoms with Crippen molar-refractivity contribution < 1.29 is 18.1 Å². The van der Waals surface area contributed by atoms with Crippen molar-refractivity contribution in [2.24, 2.45) is 0 Å². The van der Waals surface area contributed by atoms with E-state index in [0.29, 0.717) is 0 Å². The van der Waals surface area contributed by atoms with E-state index in [0.717, 1.165) is 24.3 Å². The molecule has 0 saturated heterocycles. The van der Waals surface area contributed by atoms with Gasteiger partial charge in [0.05, 0.1) is 9.82 Å². The highest BCUT2D eigenvalue weighted by Crippen LogP contribution is 2.15. The van der Waals surface area contributed by atoms with Crippen LogP contribution < -0.4 is 4.72 Å². The van der Waals surface area contributed by atoms with Gasteiger partial charge in [-0.3, -0.25) is 14.9 Å². The van der Waals surface area contributed by atoms with Crippen molar-refractivity contribution in [1.82, 2.24) is 9.62 Å². The molecule has 110 valence electrons. The van der Waals surface area contributed by atoms with E-state index < -0.39 is 14.9 Å².